The molecular weight excluding hydrogens is 476 g/mol. The van der Waals surface area contributed by atoms with Crippen LogP contribution in [0.15, 0.2) is 72.3 Å². The third-order valence-corrected chi connectivity index (χ3v) is 6.81. The zero-order valence-electron chi connectivity index (χ0n) is 17.7. The summed E-state index contributed by atoms with van der Waals surface area (Å²) in [4.78, 5) is 32.3. The minimum absolute atomic E-state index is 0.0329. The molecule has 1 fully saturated rings. The van der Waals surface area contributed by atoms with Gasteiger partial charge in [0, 0.05) is 10.6 Å². The summed E-state index contributed by atoms with van der Waals surface area (Å²) in [6.07, 6.45) is 0. The Labute approximate surface area is 203 Å². The van der Waals surface area contributed by atoms with E-state index in [4.69, 9.17) is 16.3 Å². The first kappa shape index (κ1) is 21.9. The van der Waals surface area contributed by atoms with E-state index in [1.165, 1.54) is 35.5 Å². The summed E-state index contributed by atoms with van der Waals surface area (Å²) in [6.45, 7) is 0. The van der Waals surface area contributed by atoms with Gasteiger partial charge < -0.3 is 14.9 Å². The van der Waals surface area contributed by atoms with Crippen LogP contribution in [0.4, 0.5) is 5.13 Å². The largest absolute Gasteiger partial charge is 0.508 e. The molecule has 2 N–H and O–H groups in total. The van der Waals surface area contributed by atoms with E-state index in [1.54, 1.807) is 54.6 Å². The lowest BCUT2D eigenvalue weighted by Gasteiger charge is -2.23. The maximum Gasteiger partial charge on any atom is 0.301 e. The Balaban J connectivity index is 1.71. The fourth-order valence-corrected chi connectivity index (χ4v) is 5.16. The second-order valence-electron chi connectivity index (χ2n) is 7.60. The number of carbonyl (C=O) groups is 2. The van der Waals surface area contributed by atoms with Gasteiger partial charge in [0.1, 0.15) is 17.3 Å². The molecule has 34 heavy (non-hydrogen) atoms. The summed E-state index contributed by atoms with van der Waals surface area (Å²) in [6, 6.07) is 16.9. The molecule has 1 aliphatic heterocycles. The Kier molecular flexibility index (Phi) is 5.47. The standard InChI is InChI=1S/C25H17ClN2O5S/c1-33-17-9-4-14(5-10-17)22(30)20-21(13-2-7-16(29)8-3-13)28(24(32)23(20)31)25-27-18-11-6-15(26)12-19(18)34-25/h2-12,21,29-30H,1H3/b22-20+. The second kappa shape index (κ2) is 8.48. The van der Waals surface area contributed by atoms with Crippen molar-refractivity contribution in [1.29, 1.82) is 0 Å². The highest BCUT2D eigenvalue weighted by atomic mass is 35.5. The number of phenolic OH excluding ortho intramolecular Hbond substituents is 1. The van der Waals surface area contributed by atoms with Crippen molar-refractivity contribution < 1.29 is 24.5 Å². The van der Waals surface area contributed by atoms with Gasteiger partial charge in [-0.25, -0.2) is 4.98 Å². The molecule has 170 valence electrons. The van der Waals surface area contributed by atoms with Gasteiger partial charge >= 0.3 is 5.91 Å². The fourth-order valence-electron chi connectivity index (χ4n) is 3.90. The quantitative estimate of drug-likeness (QED) is 0.228. The molecule has 0 spiro atoms. The molecule has 9 heteroatoms. The molecular formula is C25H17ClN2O5S. The maximum absolute atomic E-state index is 13.2. The lowest BCUT2D eigenvalue weighted by molar-refractivity contribution is -0.132. The molecule has 1 unspecified atom stereocenters. The Morgan fingerprint density at radius 2 is 1.76 bits per heavy atom. The van der Waals surface area contributed by atoms with Gasteiger partial charge in [-0.1, -0.05) is 35.1 Å². The van der Waals surface area contributed by atoms with Gasteiger partial charge in [0.25, 0.3) is 5.78 Å². The van der Waals surface area contributed by atoms with Crippen LogP contribution in [0.2, 0.25) is 5.02 Å². The van der Waals surface area contributed by atoms with E-state index in [9.17, 15) is 19.8 Å². The lowest BCUT2D eigenvalue weighted by Crippen LogP contribution is -2.29. The molecule has 1 amide bonds. The summed E-state index contributed by atoms with van der Waals surface area (Å²) in [5, 5.41) is 21.7. The molecule has 7 nitrogen and oxygen atoms in total. The zero-order chi connectivity index (χ0) is 24.0. The minimum Gasteiger partial charge on any atom is -0.508 e. The first-order valence-electron chi connectivity index (χ1n) is 10.2. The molecule has 2 heterocycles. The number of anilines is 1. The van der Waals surface area contributed by atoms with Crippen LogP contribution in [-0.2, 0) is 9.59 Å². The zero-order valence-corrected chi connectivity index (χ0v) is 19.3. The highest BCUT2D eigenvalue weighted by Gasteiger charge is 2.48. The molecule has 3 aromatic carbocycles. The smallest absolute Gasteiger partial charge is 0.301 e. The van der Waals surface area contributed by atoms with Crippen LogP contribution in [0.1, 0.15) is 17.2 Å². The number of methoxy groups -OCH3 is 1. The number of hydrogen-bond donors (Lipinski definition) is 2. The minimum atomic E-state index is -0.946. The number of phenols is 1. The summed E-state index contributed by atoms with van der Waals surface area (Å²) in [5.41, 5.74) is 1.45. The number of hydrogen-bond acceptors (Lipinski definition) is 7. The van der Waals surface area contributed by atoms with Crippen LogP contribution in [-0.4, -0.2) is 34.0 Å². The number of benzene rings is 3. The second-order valence-corrected chi connectivity index (χ2v) is 9.04. The molecule has 1 saturated heterocycles. The van der Waals surface area contributed by atoms with Crippen molar-refractivity contribution in [2.45, 2.75) is 6.04 Å². The number of nitrogens with zero attached hydrogens (tertiary/aromatic N) is 2. The number of halogens is 1. The SMILES string of the molecule is COc1ccc(/C(O)=C2\C(=O)C(=O)N(c3nc4ccc(Cl)cc4s3)C2c2ccc(O)cc2)cc1. The Morgan fingerprint density at radius 3 is 2.44 bits per heavy atom. The number of ether oxygens (including phenoxy) is 1. The highest BCUT2D eigenvalue weighted by molar-refractivity contribution is 7.22. The van der Waals surface area contributed by atoms with Gasteiger partial charge in [0.05, 0.1) is 28.9 Å². The Hall–Kier alpha value is -3.88. The third-order valence-electron chi connectivity index (χ3n) is 5.56. The molecule has 1 aliphatic rings. The molecule has 0 saturated carbocycles. The molecule has 0 aliphatic carbocycles. The lowest BCUT2D eigenvalue weighted by atomic mass is 9.95. The van der Waals surface area contributed by atoms with Crippen molar-refractivity contribution >= 4 is 55.7 Å². The predicted molar refractivity (Wildman–Crippen MR) is 131 cm³/mol. The number of carbonyl (C=O) groups excluding carboxylic acids is 2. The van der Waals surface area contributed by atoms with Crippen molar-refractivity contribution in [2.75, 3.05) is 12.0 Å². The number of Topliss-reactive ketones (excluding diaryl/α,β-unsaturated/α-hetero) is 1. The van der Waals surface area contributed by atoms with Gasteiger partial charge in [-0.15, -0.1) is 0 Å². The molecule has 0 radical (unpaired) electrons. The average Bonchev–Trinajstić information content (AvgIpc) is 3.37. The van der Waals surface area contributed by atoms with Crippen molar-refractivity contribution in [3.63, 3.8) is 0 Å². The molecule has 4 aromatic rings. The summed E-state index contributed by atoms with van der Waals surface area (Å²) in [7, 11) is 1.52. The van der Waals surface area contributed by atoms with Crippen molar-refractivity contribution in [2.24, 2.45) is 0 Å². The number of ketones is 1. The van der Waals surface area contributed by atoms with Gasteiger partial charge in [-0.05, 0) is 60.2 Å². The first-order valence-corrected chi connectivity index (χ1v) is 11.4. The average molecular weight is 493 g/mol. The number of thiazole rings is 1. The van der Waals surface area contributed by atoms with Gasteiger partial charge in [-0.2, -0.15) is 0 Å². The molecule has 5 rings (SSSR count). The van der Waals surface area contributed by atoms with E-state index in [0.29, 0.717) is 32.5 Å². The Morgan fingerprint density at radius 1 is 1.06 bits per heavy atom. The van der Waals surface area contributed by atoms with Crippen molar-refractivity contribution in [3.8, 4) is 11.5 Å². The van der Waals surface area contributed by atoms with Gasteiger partial charge in [0.2, 0.25) is 0 Å². The van der Waals surface area contributed by atoms with Crippen LogP contribution in [0.25, 0.3) is 16.0 Å². The van der Waals surface area contributed by atoms with Crippen molar-refractivity contribution in [3.05, 3.63) is 88.5 Å². The van der Waals surface area contributed by atoms with E-state index in [2.05, 4.69) is 4.98 Å². The summed E-state index contributed by atoms with van der Waals surface area (Å²) < 4.78 is 5.91. The third kappa shape index (κ3) is 3.67. The fraction of sp³-hybridized carbons (Fsp3) is 0.0800. The van der Waals surface area contributed by atoms with Gasteiger partial charge in [-0.3, -0.25) is 14.5 Å². The monoisotopic (exact) mass is 492 g/mol. The molecule has 1 atom stereocenters. The van der Waals surface area contributed by atoms with E-state index in [-0.39, 0.29) is 17.1 Å². The number of aliphatic hydroxyl groups is 1. The first-order chi connectivity index (χ1) is 16.4. The number of aliphatic hydroxyl groups excluding tert-OH is 1. The van der Waals surface area contributed by atoms with Crippen LogP contribution >= 0.6 is 22.9 Å². The number of amides is 1. The van der Waals surface area contributed by atoms with Crippen LogP contribution in [0.5, 0.6) is 11.5 Å². The number of rotatable bonds is 4. The highest BCUT2D eigenvalue weighted by Crippen LogP contribution is 2.44. The van der Waals surface area contributed by atoms with E-state index in [1.807, 2.05) is 0 Å². The van der Waals surface area contributed by atoms with Crippen molar-refractivity contribution in [1.82, 2.24) is 4.98 Å². The van der Waals surface area contributed by atoms with E-state index in [0.717, 1.165) is 4.70 Å². The van der Waals surface area contributed by atoms with Gasteiger partial charge in [0.15, 0.2) is 5.13 Å². The summed E-state index contributed by atoms with van der Waals surface area (Å²) >= 11 is 7.32. The number of aromatic nitrogens is 1. The summed E-state index contributed by atoms with van der Waals surface area (Å²) in [5.74, 6) is -1.33. The number of aromatic hydroxyl groups is 1. The molecule has 0 bridgehead atoms. The number of fused-ring (bicyclic) bond motifs is 1. The predicted octanol–water partition coefficient (Wildman–Crippen LogP) is 5.29. The van der Waals surface area contributed by atoms with Crippen LogP contribution in [0.3, 0.4) is 0 Å². The normalized spacial score (nSPS) is 17.5. The Bertz CT molecular complexity index is 1460. The topological polar surface area (TPSA) is 100.0 Å². The maximum atomic E-state index is 13.2. The van der Waals surface area contributed by atoms with E-state index >= 15 is 0 Å². The molecule has 1 aromatic heterocycles. The van der Waals surface area contributed by atoms with E-state index < -0.39 is 17.7 Å². The van der Waals surface area contributed by atoms with Crippen LogP contribution < -0.4 is 9.64 Å². The van der Waals surface area contributed by atoms with Crippen LogP contribution in [0, 0.1) is 0 Å².